The summed E-state index contributed by atoms with van der Waals surface area (Å²) in [6.07, 6.45) is 0. The molecule has 0 aliphatic rings. The zero-order valence-corrected chi connectivity index (χ0v) is 20.9. The maximum absolute atomic E-state index is 12.7. The predicted octanol–water partition coefficient (Wildman–Crippen LogP) is 2.29. The number of ether oxygens (including phenoxy) is 2. The van der Waals surface area contributed by atoms with Crippen LogP contribution in [0.2, 0.25) is 0 Å². The van der Waals surface area contributed by atoms with Gasteiger partial charge in [-0.25, -0.2) is 4.79 Å². The lowest BCUT2D eigenvalue weighted by Gasteiger charge is -2.17. The van der Waals surface area contributed by atoms with Crippen LogP contribution in [-0.2, 0) is 16.1 Å². The Morgan fingerprint density at radius 2 is 1.83 bits per heavy atom. The van der Waals surface area contributed by atoms with Crippen LogP contribution in [0, 0.1) is 0 Å². The third-order valence-electron chi connectivity index (χ3n) is 5.11. The van der Waals surface area contributed by atoms with Crippen LogP contribution >= 0.6 is 11.8 Å². The van der Waals surface area contributed by atoms with E-state index < -0.39 is 12.0 Å². The first-order valence-corrected chi connectivity index (χ1v) is 12.0. The topological polar surface area (TPSA) is 145 Å². The zero-order chi connectivity index (χ0) is 26.1. The highest BCUT2D eigenvalue weighted by molar-refractivity contribution is 7.99. The molecular formula is C24H27N5O6S. The summed E-state index contributed by atoms with van der Waals surface area (Å²) in [6.45, 7) is 1.94. The molecule has 1 aromatic heterocycles. The Balaban J connectivity index is 1.65. The molecule has 12 heteroatoms. The van der Waals surface area contributed by atoms with Crippen molar-refractivity contribution in [2.24, 2.45) is 0 Å². The molecule has 0 bridgehead atoms. The van der Waals surface area contributed by atoms with Gasteiger partial charge in [-0.05, 0) is 49.4 Å². The second-order valence-corrected chi connectivity index (χ2v) is 8.37. The molecular weight excluding hydrogens is 486 g/mol. The van der Waals surface area contributed by atoms with Crippen LogP contribution in [0.25, 0.3) is 0 Å². The zero-order valence-electron chi connectivity index (χ0n) is 20.1. The van der Waals surface area contributed by atoms with E-state index in [0.717, 1.165) is 11.8 Å². The molecule has 0 spiro atoms. The lowest BCUT2D eigenvalue weighted by atomic mass is 10.2. The van der Waals surface area contributed by atoms with E-state index in [1.165, 1.54) is 20.3 Å². The van der Waals surface area contributed by atoms with E-state index in [0.29, 0.717) is 40.1 Å². The summed E-state index contributed by atoms with van der Waals surface area (Å²) in [7, 11) is 2.82. The molecule has 2 amide bonds. The highest BCUT2D eigenvalue weighted by atomic mass is 32.2. The molecule has 0 fully saturated rings. The first kappa shape index (κ1) is 26.7. The van der Waals surface area contributed by atoms with E-state index in [-0.39, 0.29) is 24.2 Å². The van der Waals surface area contributed by atoms with Crippen LogP contribution in [0.4, 0.5) is 5.69 Å². The van der Waals surface area contributed by atoms with Crippen LogP contribution in [0.15, 0.2) is 53.7 Å². The number of nitrogens with zero attached hydrogens (tertiary/aromatic N) is 3. The summed E-state index contributed by atoms with van der Waals surface area (Å²) < 4.78 is 11.5. The van der Waals surface area contributed by atoms with Crippen molar-refractivity contribution in [2.75, 3.05) is 31.9 Å². The number of thioether (sulfide) groups is 1. The number of carbonyl (C=O) groups is 3. The van der Waals surface area contributed by atoms with E-state index >= 15 is 0 Å². The number of aliphatic hydroxyl groups excluding tert-OH is 1. The average Bonchev–Trinajstić information content (AvgIpc) is 3.32. The van der Waals surface area contributed by atoms with Gasteiger partial charge in [0.1, 0.15) is 11.8 Å². The number of nitrogens with one attached hydrogen (secondary N) is 2. The maximum atomic E-state index is 12.7. The first-order chi connectivity index (χ1) is 17.4. The smallest absolute Gasteiger partial charge is 0.337 e. The molecule has 0 aliphatic heterocycles. The second-order valence-electron chi connectivity index (χ2n) is 7.43. The van der Waals surface area contributed by atoms with Crippen molar-refractivity contribution < 1.29 is 29.0 Å². The minimum atomic E-state index is -0.795. The number of anilines is 1. The molecule has 0 unspecified atom stereocenters. The van der Waals surface area contributed by atoms with Crippen LogP contribution < -0.4 is 15.4 Å². The molecule has 1 atom stereocenters. The Morgan fingerprint density at radius 1 is 1.08 bits per heavy atom. The van der Waals surface area contributed by atoms with Crippen molar-refractivity contribution >= 4 is 35.2 Å². The molecule has 1 heterocycles. The standard InChI is InChI=1S/C24H27N5O6S/c1-4-29-21(19(13-30)26-22(32)15-8-10-18(34-2)11-9-15)27-28-24(29)36-14-20(31)25-17-7-5-6-16(12-17)23(33)35-3/h5-12,19,30H,4,13-14H2,1-3H3,(H,25,31)(H,26,32)/t19-/m0/s1. The minimum Gasteiger partial charge on any atom is -0.497 e. The minimum absolute atomic E-state index is 0.0303. The molecule has 36 heavy (non-hydrogen) atoms. The predicted molar refractivity (Wildman–Crippen MR) is 133 cm³/mol. The molecule has 0 saturated carbocycles. The number of rotatable bonds is 11. The van der Waals surface area contributed by atoms with Crippen molar-refractivity contribution in [1.29, 1.82) is 0 Å². The number of hydrogen-bond acceptors (Lipinski definition) is 9. The van der Waals surface area contributed by atoms with E-state index in [9.17, 15) is 19.5 Å². The van der Waals surface area contributed by atoms with Crippen LogP contribution in [0.3, 0.4) is 0 Å². The van der Waals surface area contributed by atoms with Crippen molar-refractivity contribution in [2.45, 2.75) is 24.7 Å². The van der Waals surface area contributed by atoms with Crippen molar-refractivity contribution in [3.8, 4) is 5.75 Å². The summed E-state index contributed by atoms with van der Waals surface area (Å²) in [5, 5.41) is 24.2. The highest BCUT2D eigenvalue weighted by Crippen LogP contribution is 2.22. The van der Waals surface area contributed by atoms with Gasteiger partial charge in [-0.3, -0.25) is 9.59 Å². The molecule has 190 valence electrons. The van der Waals surface area contributed by atoms with Gasteiger partial charge in [0.25, 0.3) is 5.91 Å². The second kappa shape index (κ2) is 12.7. The fourth-order valence-corrected chi connectivity index (χ4v) is 4.12. The van der Waals surface area contributed by atoms with Gasteiger partial charge in [0.05, 0.1) is 32.1 Å². The lowest BCUT2D eigenvalue weighted by molar-refractivity contribution is -0.113. The van der Waals surface area contributed by atoms with Crippen molar-refractivity contribution in [1.82, 2.24) is 20.1 Å². The monoisotopic (exact) mass is 513 g/mol. The molecule has 0 radical (unpaired) electrons. The molecule has 0 aliphatic carbocycles. The fourth-order valence-electron chi connectivity index (χ4n) is 3.31. The Kier molecular flexibility index (Phi) is 9.42. The number of amides is 2. The number of methoxy groups -OCH3 is 2. The fraction of sp³-hybridized carbons (Fsp3) is 0.292. The Bertz CT molecular complexity index is 1210. The normalized spacial score (nSPS) is 11.4. The molecule has 0 saturated heterocycles. The van der Waals surface area contributed by atoms with E-state index in [2.05, 4.69) is 20.8 Å². The van der Waals surface area contributed by atoms with Gasteiger partial charge >= 0.3 is 5.97 Å². The number of aromatic nitrogens is 3. The number of carbonyl (C=O) groups excluding carboxylic acids is 3. The van der Waals surface area contributed by atoms with Gasteiger partial charge in [0, 0.05) is 17.8 Å². The number of esters is 1. The summed E-state index contributed by atoms with van der Waals surface area (Å²) >= 11 is 1.16. The first-order valence-electron chi connectivity index (χ1n) is 11.0. The van der Waals surface area contributed by atoms with Gasteiger partial charge in [-0.2, -0.15) is 0 Å². The number of hydrogen-bond donors (Lipinski definition) is 3. The lowest BCUT2D eigenvalue weighted by Crippen LogP contribution is -2.32. The van der Waals surface area contributed by atoms with Crippen molar-refractivity contribution in [3.05, 3.63) is 65.5 Å². The quantitative estimate of drug-likeness (QED) is 0.260. The van der Waals surface area contributed by atoms with Gasteiger partial charge in [0.2, 0.25) is 5.91 Å². The SMILES string of the molecule is CCn1c(SCC(=O)Nc2cccc(C(=O)OC)c2)nnc1[C@H](CO)NC(=O)c1ccc(OC)cc1. The summed E-state index contributed by atoms with van der Waals surface area (Å²) in [4.78, 5) is 36.8. The summed E-state index contributed by atoms with van der Waals surface area (Å²) in [6, 6.07) is 12.2. The molecule has 2 aromatic carbocycles. The Morgan fingerprint density at radius 3 is 2.47 bits per heavy atom. The van der Waals surface area contributed by atoms with Crippen molar-refractivity contribution in [3.63, 3.8) is 0 Å². The Hall–Kier alpha value is -3.90. The third kappa shape index (κ3) is 6.61. The van der Waals surface area contributed by atoms with Gasteiger partial charge < -0.3 is 29.8 Å². The van der Waals surface area contributed by atoms with Crippen LogP contribution in [-0.4, -0.2) is 64.2 Å². The molecule has 3 rings (SSSR count). The van der Waals surface area contributed by atoms with E-state index in [1.807, 2.05) is 6.92 Å². The highest BCUT2D eigenvalue weighted by Gasteiger charge is 2.23. The number of benzene rings is 2. The average molecular weight is 514 g/mol. The molecule has 3 N–H and O–H groups in total. The van der Waals surface area contributed by atoms with Gasteiger partial charge in [-0.15, -0.1) is 10.2 Å². The van der Waals surface area contributed by atoms with E-state index in [1.54, 1.807) is 47.0 Å². The van der Waals surface area contributed by atoms with Gasteiger partial charge in [-0.1, -0.05) is 17.8 Å². The Labute approximate surface area is 212 Å². The summed E-state index contributed by atoms with van der Waals surface area (Å²) in [5.41, 5.74) is 1.19. The third-order valence-corrected chi connectivity index (χ3v) is 6.08. The number of aliphatic hydroxyl groups is 1. The maximum Gasteiger partial charge on any atom is 0.337 e. The molecule has 3 aromatic rings. The van der Waals surface area contributed by atoms with Crippen LogP contribution in [0.1, 0.15) is 39.5 Å². The molecule has 11 nitrogen and oxygen atoms in total. The van der Waals surface area contributed by atoms with Crippen LogP contribution in [0.5, 0.6) is 5.75 Å². The summed E-state index contributed by atoms with van der Waals surface area (Å²) in [5.74, 6) is -0.163. The van der Waals surface area contributed by atoms with Gasteiger partial charge in [0.15, 0.2) is 11.0 Å². The van der Waals surface area contributed by atoms with E-state index in [4.69, 9.17) is 9.47 Å². The largest absolute Gasteiger partial charge is 0.497 e.